The first-order valence-electron chi connectivity index (χ1n) is 6.26. The van der Waals surface area contributed by atoms with E-state index in [1.807, 2.05) is 19.9 Å². The Bertz CT molecular complexity index is 425. The second-order valence-corrected chi connectivity index (χ2v) is 4.14. The fourth-order valence-corrected chi connectivity index (χ4v) is 1.77. The van der Waals surface area contributed by atoms with Crippen LogP contribution in [0.4, 0.5) is 0 Å². The van der Waals surface area contributed by atoms with Gasteiger partial charge in [-0.05, 0) is 32.0 Å². The van der Waals surface area contributed by atoms with Crippen LogP contribution in [0.25, 0.3) is 0 Å². The molecule has 0 saturated carbocycles. The van der Waals surface area contributed by atoms with E-state index in [2.05, 4.69) is 0 Å². The molecular formula is C14H18ClNO3. The van der Waals surface area contributed by atoms with Gasteiger partial charge in [0.25, 0.3) is 0 Å². The van der Waals surface area contributed by atoms with Crippen LogP contribution in [0.15, 0.2) is 18.2 Å². The smallest absolute Gasteiger partial charge is 0.160 e. The SMILES string of the molecule is CCOC(CCOc1ccc(C#N)cc1Cl)OCC. The van der Waals surface area contributed by atoms with Crippen LogP contribution in [-0.2, 0) is 9.47 Å². The van der Waals surface area contributed by atoms with Crippen LogP contribution < -0.4 is 4.74 Å². The molecule has 5 heteroatoms. The van der Waals surface area contributed by atoms with E-state index in [4.69, 9.17) is 31.1 Å². The normalized spacial score (nSPS) is 10.5. The zero-order valence-electron chi connectivity index (χ0n) is 11.2. The maximum Gasteiger partial charge on any atom is 0.160 e. The predicted octanol–water partition coefficient (Wildman–Crippen LogP) is 3.38. The number of nitriles is 1. The van der Waals surface area contributed by atoms with Gasteiger partial charge in [0.05, 0.1) is 23.3 Å². The number of benzene rings is 1. The molecule has 0 aliphatic carbocycles. The van der Waals surface area contributed by atoms with Gasteiger partial charge in [-0.3, -0.25) is 0 Å². The van der Waals surface area contributed by atoms with Gasteiger partial charge in [-0.25, -0.2) is 0 Å². The highest BCUT2D eigenvalue weighted by atomic mass is 35.5. The lowest BCUT2D eigenvalue weighted by atomic mass is 10.2. The Balaban J connectivity index is 2.46. The molecule has 0 aromatic heterocycles. The van der Waals surface area contributed by atoms with Crippen molar-refractivity contribution >= 4 is 11.6 Å². The van der Waals surface area contributed by atoms with E-state index in [0.29, 0.717) is 42.6 Å². The fraction of sp³-hybridized carbons (Fsp3) is 0.500. The van der Waals surface area contributed by atoms with Crippen molar-refractivity contribution in [3.05, 3.63) is 28.8 Å². The van der Waals surface area contributed by atoms with Gasteiger partial charge >= 0.3 is 0 Å². The Kier molecular flexibility index (Phi) is 7.27. The minimum atomic E-state index is -0.257. The zero-order chi connectivity index (χ0) is 14.1. The summed E-state index contributed by atoms with van der Waals surface area (Å²) in [7, 11) is 0. The molecule has 0 N–H and O–H groups in total. The molecule has 0 spiro atoms. The van der Waals surface area contributed by atoms with Crippen molar-refractivity contribution in [2.45, 2.75) is 26.6 Å². The minimum Gasteiger partial charge on any atom is -0.492 e. The van der Waals surface area contributed by atoms with Gasteiger partial charge in [0.2, 0.25) is 0 Å². The summed E-state index contributed by atoms with van der Waals surface area (Å²) < 4.78 is 16.4. The number of hydrogen-bond donors (Lipinski definition) is 0. The molecule has 0 aliphatic heterocycles. The number of halogens is 1. The summed E-state index contributed by atoms with van der Waals surface area (Å²) in [5, 5.41) is 9.17. The molecule has 0 heterocycles. The van der Waals surface area contributed by atoms with Gasteiger partial charge in [-0.15, -0.1) is 0 Å². The van der Waals surface area contributed by atoms with E-state index >= 15 is 0 Å². The third kappa shape index (κ3) is 5.48. The monoisotopic (exact) mass is 283 g/mol. The average Bonchev–Trinajstić information content (AvgIpc) is 2.41. The number of nitrogens with zero attached hydrogens (tertiary/aromatic N) is 1. The molecule has 0 atom stereocenters. The molecular weight excluding hydrogens is 266 g/mol. The van der Waals surface area contributed by atoms with E-state index in [1.54, 1.807) is 18.2 Å². The molecule has 0 saturated heterocycles. The Morgan fingerprint density at radius 1 is 1.26 bits per heavy atom. The molecule has 1 aromatic carbocycles. The lowest BCUT2D eigenvalue weighted by Crippen LogP contribution is -2.20. The summed E-state index contributed by atoms with van der Waals surface area (Å²) in [5.74, 6) is 0.562. The molecule has 104 valence electrons. The third-order valence-electron chi connectivity index (χ3n) is 2.38. The van der Waals surface area contributed by atoms with E-state index in [9.17, 15) is 0 Å². The van der Waals surface area contributed by atoms with Crippen molar-refractivity contribution in [3.8, 4) is 11.8 Å². The first kappa shape index (κ1) is 15.8. The second kappa shape index (κ2) is 8.76. The lowest BCUT2D eigenvalue weighted by Gasteiger charge is -2.17. The topological polar surface area (TPSA) is 51.5 Å². The van der Waals surface area contributed by atoms with E-state index in [-0.39, 0.29) is 6.29 Å². The summed E-state index contributed by atoms with van der Waals surface area (Å²) in [5.41, 5.74) is 0.513. The van der Waals surface area contributed by atoms with Gasteiger partial charge < -0.3 is 14.2 Å². The van der Waals surface area contributed by atoms with E-state index in [1.165, 1.54) is 0 Å². The molecule has 1 rings (SSSR count). The van der Waals surface area contributed by atoms with Crippen molar-refractivity contribution < 1.29 is 14.2 Å². The van der Waals surface area contributed by atoms with Crippen molar-refractivity contribution in [2.75, 3.05) is 19.8 Å². The molecule has 0 unspecified atom stereocenters. The summed E-state index contributed by atoms with van der Waals surface area (Å²) in [6.07, 6.45) is 0.366. The van der Waals surface area contributed by atoms with Crippen LogP contribution in [0.2, 0.25) is 5.02 Å². The van der Waals surface area contributed by atoms with E-state index in [0.717, 1.165) is 0 Å². The maximum absolute atomic E-state index is 8.74. The standard InChI is InChI=1S/C14H18ClNO3/c1-3-17-14(18-4-2)7-8-19-13-6-5-11(10-16)9-12(13)15/h5-6,9,14H,3-4,7-8H2,1-2H3. The van der Waals surface area contributed by atoms with Gasteiger partial charge in [0.1, 0.15) is 5.75 Å². The van der Waals surface area contributed by atoms with Crippen LogP contribution in [-0.4, -0.2) is 26.1 Å². The molecule has 19 heavy (non-hydrogen) atoms. The van der Waals surface area contributed by atoms with Crippen LogP contribution in [0.3, 0.4) is 0 Å². The molecule has 0 bridgehead atoms. The lowest BCUT2D eigenvalue weighted by molar-refractivity contribution is -0.142. The van der Waals surface area contributed by atoms with Crippen LogP contribution in [0.5, 0.6) is 5.75 Å². The van der Waals surface area contributed by atoms with Crippen molar-refractivity contribution in [1.29, 1.82) is 5.26 Å². The highest BCUT2D eigenvalue weighted by Crippen LogP contribution is 2.25. The van der Waals surface area contributed by atoms with Gasteiger partial charge in [0.15, 0.2) is 6.29 Å². The van der Waals surface area contributed by atoms with Gasteiger partial charge in [-0.1, -0.05) is 11.6 Å². The quantitative estimate of drug-likeness (QED) is 0.686. The third-order valence-corrected chi connectivity index (χ3v) is 2.67. The Morgan fingerprint density at radius 2 is 1.95 bits per heavy atom. The van der Waals surface area contributed by atoms with Crippen LogP contribution in [0, 0.1) is 11.3 Å². The molecule has 0 amide bonds. The number of rotatable bonds is 8. The second-order valence-electron chi connectivity index (χ2n) is 3.73. The molecule has 1 aromatic rings. The largest absolute Gasteiger partial charge is 0.492 e. The molecule has 0 radical (unpaired) electrons. The van der Waals surface area contributed by atoms with Crippen molar-refractivity contribution in [3.63, 3.8) is 0 Å². The van der Waals surface area contributed by atoms with Gasteiger partial charge in [0, 0.05) is 19.6 Å². The van der Waals surface area contributed by atoms with Crippen molar-refractivity contribution in [2.24, 2.45) is 0 Å². The predicted molar refractivity (Wildman–Crippen MR) is 73.3 cm³/mol. The first-order valence-corrected chi connectivity index (χ1v) is 6.64. The Hall–Kier alpha value is -1.28. The maximum atomic E-state index is 8.74. The summed E-state index contributed by atoms with van der Waals surface area (Å²) in [6.45, 7) is 5.48. The fourth-order valence-electron chi connectivity index (χ4n) is 1.54. The highest BCUT2D eigenvalue weighted by molar-refractivity contribution is 6.32. The minimum absolute atomic E-state index is 0.257. The molecule has 0 aliphatic rings. The summed E-state index contributed by atoms with van der Waals surface area (Å²) in [4.78, 5) is 0. The molecule has 0 fully saturated rings. The number of hydrogen-bond acceptors (Lipinski definition) is 4. The molecule has 4 nitrogen and oxygen atoms in total. The zero-order valence-corrected chi connectivity index (χ0v) is 11.9. The Labute approximate surface area is 118 Å². The van der Waals surface area contributed by atoms with Crippen molar-refractivity contribution in [1.82, 2.24) is 0 Å². The summed E-state index contributed by atoms with van der Waals surface area (Å²) >= 11 is 6.01. The number of ether oxygens (including phenoxy) is 3. The van der Waals surface area contributed by atoms with Crippen LogP contribution >= 0.6 is 11.6 Å². The first-order chi connectivity index (χ1) is 9.21. The average molecular weight is 284 g/mol. The highest BCUT2D eigenvalue weighted by Gasteiger charge is 2.09. The summed E-state index contributed by atoms with van der Waals surface area (Å²) in [6, 6.07) is 6.97. The van der Waals surface area contributed by atoms with Gasteiger partial charge in [-0.2, -0.15) is 5.26 Å². The Morgan fingerprint density at radius 3 is 2.47 bits per heavy atom. The van der Waals surface area contributed by atoms with E-state index < -0.39 is 0 Å². The van der Waals surface area contributed by atoms with Crippen LogP contribution in [0.1, 0.15) is 25.8 Å².